The lowest BCUT2D eigenvalue weighted by atomic mass is 10.2. The number of rotatable bonds is 8. The summed E-state index contributed by atoms with van der Waals surface area (Å²) in [5.74, 6) is 1.70. The number of hydrogen-bond donors (Lipinski definition) is 1. The van der Waals surface area contributed by atoms with E-state index in [1.54, 1.807) is 0 Å². The quantitative estimate of drug-likeness (QED) is 0.572. The molecule has 1 N–H and O–H groups in total. The number of ether oxygens (including phenoxy) is 1. The Morgan fingerprint density at radius 2 is 2.08 bits per heavy atom. The Hall–Kier alpha value is -2.75. The van der Waals surface area contributed by atoms with Crippen molar-refractivity contribution in [1.29, 1.82) is 0 Å². The minimum absolute atomic E-state index is 0.656. The highest BCUT2D eigenvalue weighted by Gasteiger charge is 2.03. The van der Waals surface area contributed by atoms with Gasteiger partial charge in [0, 0.05) is 13.6 Å². The minimum atomic E-state index is 0.656. The van der Waals surface area contributed by atoms with E-state index in [2.05, 4.69) is 22.4 Å². The standard InChI is InChI=1S/C20H25N3O/c1-4-10-19(24-5-2)14-9-13-18-16-22-20(23(18)3)21-15-17-11-7-6-8-12-17/h4,6-14,16H,5,15H2,1-3H3,(H,21,22)/b10-4-,13-9+,19-14+. The van der Waals surface area contributed by atoms with Crippen LogP contribution in [0.15, 0.2) is 66.6 Å². The maximum Gasteiger partial charge on any atom is 0.203 e. The van der Waals surface area contributed by atoms with Crippen LogP contribution in [-0.4, -0.2) is 16.2 Å². The third-order valence-corrected chi connectivity index (χ3v) is 3.49. The fourth-order valence-electron chi connectivity index (χ4n) is 2.24. The number of imidazole rings is 1. The van der Waals surface area contributed by atoms with E-state index in [4.69, 9.17) is 4.74 Å². The molecule has 0 unspecified atom stereocenters. The SMILES string of the molecule is C\C=C/C(=C\C=C\c1cnc(NCc2ccccc2)n1C)OCC. The second kappa shape index (κ2) is 9.40. The van der Waals surface area contributed by atoms with Crippen molar-refractivity contribution < 1.29 is 4.74 Å². The van der Waals surface area contributed by atoms with Crippen LogP contribution in [0.4, 0.5) is 5.95 Å². The van der Waals surface area contributed by atoms with Gasteiger partial charge in [-0.3, -0.25) is 0 Å². The first-order valence-corrected chi connectivity index (χ1v) is 8.18. The number of allylic oxidation sites excluding steroid dienone is 4. The number of hydrogen-bond acceptors (Lipinski definition) is 3. The number of nitrogens with one attached hydrogen (secondary N) is 1. The van der Waals surface area contributed by atoms with E-state index in [9.17, 15) is 0 Å². The van der Waals surface area contributed by atoms with Crippen molar-refractivity contribution in [2.24, 2.45) is 7.05 Å². The molecule has 1 heterocycles. The number of anilines is 1. The third kappa shape index (κ3) is 5.16. The van der Waals surface area contributed by atoms with Crippen LogP contribution in [0.2, 0.25) is 0 Å². The summed E-state index contributed by atoms with van der Waals surface area (Å²) in [5.41, 5.74) is 2.26. The van der Waals surface area contributed by atoms with Crippen LogP contribution in [-0.2, 0) is 18.3 Å². The largest absolute Gasteiger partial charge is 0.494 e. The van der Waals surface area contributed by atoms with Crippen LogP contribution in [0, 0.1) is 0 Å². The van der Waals surface area contributed by atoms with Gasteiger partial charge >= 0.3 is 0 Å². The predicted octanol–water partition coefficient (Wildman–Crippen LogP) is 4.54. The maximum atomic E-state index is 5.53. The number of aromatic nitrogens is 2. The molecule has 4 heteroatoms. The molecule has 4 nitrogen and oxygen atoms in total. The van der Waals surface area contributed by atoms with Crippen molar-refractivity contribution in [3.8, 4) is 0 Å². The van der Waals surface area contributed by atoms with E-state index in [1.165, 1.54) is 5.56 Å². The minimum Gasteiger partial charge on any atom is -0.494 e. The molecule has 1 aromatic heterocycles. The lowest BCUT2D eigenvalue weighted by Gasteiger charge is -2.07. The first kappa shape index (κ1) is 17.6. The third-order valence-electron chi connectivity index (χ3n) is 3.49. The summed E-state index contributed by atoms with van der Waals surface area (Å²) >= 11 is 0. The van der Waals surface area contributed by atoms with Gasteiger partial charge in [-0.15, -0.1) is 0 Å². The topological polar surface area (TPSA) is 39.1 Å². The molecule has 2 aromatic rings. The Labute approximate surface area is 144 Å². The zero-order valence-electron chi connectivity index (χ0n) is 14.6. The average molecular weight is 323 g/mol. The molecule has 0 atom stereocenters. The molecule has 24 heavy (non-hydrogen) atoms. The monoisotopic (exact) mass is 323 g/mol. The highest BCUT2D eigenvalue weighted by molar-refractivity contribution is 5.50. The van der Waals surface area contributed by atoms with Gasteiger partial charge in [-0.2, -0.15) is 0 Å². The van der Waals surface area contributed by atoms with Crippen LogP contribution >= 0.6 is 0 Å². The highest BCUT2D eigenvalue weighted by atomic mass is 16.5. The fourth-order valence-corrected chi connectivity index (χ4v) is 2.24. The van der Waals surface area contributed by atoms with Crippen LogP contribution in [0.3, 0.4) is 0 Å². The van der Waals surface area contributed by atoms with Crippen LogP contribution in [0.5, 0.6) is 0 Å². The fraction of sp³-hybridized carbons (Fsp3) is 0.250. The molecule has 0 fully saturated rings. The second-order valence-electron chi connectivity index (χ2n) is 5.27. The molecule has 0 saturated carbocycles. The van der Waals surface area contributed by atoms with Crippen molar-refractivity contribution in [2.45, 2.75) is 20.4 Å². The van der Waals surface area contributed by atoms with Gasteiger partial charge in [0.05, 0.1) is 18.5 Å². The van der Waals surface area contributed by atoms with Crippen LogP contribution < -0.4 is 5.32 Å². The molecule has 126 valence electrons. The first-order valence-electron chi connectivity index (χ1n) is 8.18. The molecule has 0 aliphatic carbocycles. The van der Waals surface area contributed by atoms with E-state index in [0.29, 0.717) is 6.61 Å². The molecule has 0 spiro atoms. The maximum absolute atomic E-state index is 5.53. The second-order valence-corrected chi connectivity index (χ2v) is 5.27. The van der Waals surface area contributed by atoms with Crippen molar-refractivity contribution >= 4 is 12.0 Å². The molecule has 0 amide bonds. The van der Waals surface area contributed by atoms with E-state index < -0.39 is 0 Å². The van der Waals surface area contributed by atoms with Gasteiger partial charge in [0.1, 0.15) is 5.76 Å². The van der Waals surface area contributed by atoms with E-state index >= 15 is 0 Å². The molecule has 0 bridgehead atoms. The molecular weight excluding hydrogens is 298 g/mol. The summed E-state index contributed by atoms with van der Waals surface area (Å²) in [6.45, 7) is 5.36. The zero-order chi connectivity index (χ0) is 17.2. The van der Waals surface area contributed by atoms with Gasteiger partial charge in [0.2, 0.25) is 5.95 Å². The van der Waals surface area contributed by atoms with Gasteiger partial charge in [0.15, 0.2) is 0 Å². The average Bonchev–Trinajstić information content (AvgIpc) is 2.95. The summed E-state index contributed by atoms with van der Waals surface area (Å²) in [4.78, 5) is 4.44. The first-order chi connectivity index (χ1) is 11.7. The number of benzene rings is 1. The van der Waals surface area contributed by atoms with E-state index in [0.717, 1.165) is 23.9 Å². The Kier molecular flexibility index (Phi) is 6.90. The molecular formula is C20H25N3O. The smallest absolute Gasteiger partial charge is 0.203 e. The van der Waals surface area contributed by atoms with Gasteiger partial charge in [-0.1, -0.05) is 42.5 Å². The van der Waals surface area contributed by atoms with Crippen molar-refractivity contribution in [3.63, 3.8) is 0 Å². The summed E-state index contributed by atoms with van der Waals surface area (Å²) in [7, 11) is 2.00. The molecule has 0 aliphatic rings. The van der Waals surface area contributed by atoms with Gasteiger partial charge in [0.25, 0.3) is 0 Å². The Morgan fingerprint density at radius 1 is 1.29 bits per heavy atom. The normalized spacial score (nSPS) is 12.2. The van der Waals surface area contributed by atoms with Gasteiger partial charge in [-0.25, -0.2) is 4.98 Å². The van der Waals surface area contributed by atoms with Crippen LogP contribution in [0.1, 0.15) is 25.1 Å². The Balaban J connectivity index is 2.01. The molecule has 2 rings (SSSR count). The molecule has 0 aliphatic heterocycles. The van der Waals surface area contributed by atoms with Crippen molar-refractivity contribution in [1.82, 2.24) is 9.55 Å². The number of nitrogens with zero attached hydrogens (tertiary/aromatic N) is 2. The van der Waals surface area contributed by atoms with Crippen LogP contribution in [0.25, 0.3) is 6.08 Å². The molecule has 1 aromatic carbocycles. The highest BCUT2D eigenvalue weighted by Crippen LogP contribution is 2.12. The molecule has 0 radical (unpaired) electrons. The summed E-state index contributed by atoms with van der Waals surface area (Å²) in [6, 6.07) is 10.3. The van der Waals surface area contributed by atoms with Crippen molar-refractivity contribution in [2.75, 3.05) is 11.9 Å². The van der Waals surface area contributed by atoms with E-state index in [1.807, 2.05) is 80.2 Å². The molecule has 0 saturated heterocycles. The van der Waals surface area contributed by atoms with Crippen molar-refractivity contribution in [3.05, 3.63) is 77.8 Å². The Bertz CT molecular complexity index is 712. The predicted molar refractivity (Wildman–Crippen MR) is 101 cm³/mol. The summed E-state index contributed by atoms with van der Waals surface area (Å²) in [6.07, 6.45) is 11.7. The van der Waals surface area contributed by atoms with Gasteiger partial charge < -0.3 is 14.6 Å². The summed E-state index contributed by atoms with van der Waals surface area (Å²) < 4.78 is 7.56. The zero-order valence-corrected chi connectivity index (χ0v) is 14.6. The lowest BCUT2D eigenvalue weighted by Crippen LogP contribution is -2.05. The summed E-state index contributed by atoms with van der Waals surface area (Å²) in [5, 5.41) is 3.36. The van der Waals surface area contributed by atoms with E-state index in [-0.39, 0.29) is 0 Å². The lowest BCUT2D eigenvalue weighted by molar-refractivity contribution is 0.242. The van der Waals surface area contributed by atoms with Gasteiger partial charge in [-0.05, 0) is 37.6 Å². The Morgan fingerprint density at radius 3 is 2.79 bits per heavy atom.